The first-order valence-electron chi connectivity index (χ1n) is 46.2. The molecule has 0 aliphatic rings. The summed E-state index contributed by atoms with van der Waals surface area (Å²) in [7, 11) is 0. The van der Waals surface area contributed by atoms with E-state index in [1.807, 2.05) is 115 Å². The Morgan fingerprint density at radius 1 is 0.243 bits per heavy atom. The summed E-state index contributed by atoms with van der Waals surface area (Å²) in [4.78, 5) is 70.2. The first kappa shape index (κ1) is 105. The SMILES string of the molecule is CC(C)c1cc(C(c2cnc[nH]2)c2cccc(F)c2Cl)sc1C(C)C.CC(C)c1ccc(C(c2cnc[nH]2)c2cccc(F)c2Cl)s1.CC(C)c1csc(C(c2cnc[nH]2)c2cccc(F)c2Cl)c1.Fc1c(Cl)cccc1C(c1cnc[nH]1)c1cccs1.Fc1cccc(C(c2cccnc2)c2cnc[nH]2)c1Cl.c1ccc(C(c2cccnc2)c2cnc[nH]2)cc1.c1ccc(C(c2ccncc2)c2cnc[nH]2)cc1. The van der Waals surface area contributed by atoms with Crippen molar-refractivity contribution in [2.45, 2.75) is 120 Å². The van der Waals surface area contributed by atoms with Crippen LogP contribution in [0.25, 0.3) is 0 Å². The van der Waals surface area contributed by atoms with Crippen molar-refractivity contribution >= 4 is 103 Å². The van der Waals surface area contributed by atoms with E-state index in [0.29, 0.717) is 34.8 Å². The second kappa shape index (κ2) is 51.0. The zero-order valence-electron chi connectivity index (χ0n) is 79.3. The lowest BCUT2D eigenvalue weighted by molar-refractivity contribution is 0.607. The third-order valence-corrected chi connectivity index (χ3v) is 30.6. The molecule has 7 atom stereocenters. The monoisotopic (exact) mass is 2090 g/mol. The Bertz CT molecular complexity index is 7010. The summed E-state index contributed by atoms with van der Waals surface area (Å²) in [5, 5.41) is 4.89. The first-order chi connectivity index (χ1) is 70.0. The lowest BCUT2D eigenvalue weighted by Crippen LogP contribution is -2.05. The van der Waals surface area contributed by atoms with Crippen LogP contribution in [0.2, 0.25) is 25.1 Å². The van der Waals surface area contributed by atoms with Crippen LogP contribution in [0.3, 0.4) is 0 Å². The first-order valence-corrected chi connectivity index (χ1v) is 51.5. The van der Waals surface area contributed by atoms with E-state index in [0.717, 1.165) is 87.2 Å². The maximum absolute atomic E-state index is 14.3. The maximum Gasteiger partial charge on any atom is 0.146 e. The van der Waals surface area contributed by atoms with Gasteiger partial charge in [0.25, 0.3) is 0 Å². The maximum atomic E-state index is 14.3. The van der Waals surface area contributed by atoms with Crippen LogP contribution in [0.4, 0.5) is 22.0 Å². The average molecular weight is 2100 g/mol. The van der Waals surface area contributed by atoms with Crippen molar-refractivity contribution in [3.05, 3.63) is 550 Å². The average Bonchev–Trinajstić information content (AvgIpc) is 1.60. The normalized spacial score (nSPS) is 12.6. The zero-order chi connectivity index (χ0) is 101. The number of rotatable bonds is 25. The van der Waals surface area contributed by atoms with Crippen molar-refractivity contribution in [3.8, 4) is 0 Å². The Hall–Kier alpha value is -13.6. The van der Waals surface area contributed by atoms with Crippen molar-refractivity contribution in [3.63, 3.8) is 0 Å². The van der Waals surface area contributed by atoms with Gasteiger partial charge in [0.15, 0.2) is 0 Å². The van der Waals surface area contributed by atoms with Crippen LogP contribution in [0.15, 0.2) is 360 Å². The van der Waals surface area contributed by atoms with E-state index in [1.54, 1.807) is 182 Å². The summed E-state index contributed by atoms with van der Waals surface area (Å²) in [5.41, 5.74) is 18.5. The Labute approximate surface area is 873 Å². The molecule has 7 unspecified atom stereocenters. The van der Waals surface area contributed by atoms with Crippen molar-refractivity contribution in [1.29, 1.82) is 0 Å². The highest BCUT2D eigenvalue weighted by Gasteiger charge is 2.32. The van der Waals surface area contributed by atoms with E-state index in [-0.39, 0.29) is 72.4 Å². The molecule has 0 spiro atoms. The van der Waals surface area contributed by atoms with E-state index in [1.165, 1.54) is 61.8 Å². The number of H-pyrrole nitrogens is 7. The minimum atomic E-state index is -0.433. The molecule has 0 aliphatic carbocycles. The number of thiophene rings is 4. The molecule has 21 aromatic rings. The highest BCUT2D eigenvalue weighted by Crippen LogP contribution is 2.47. The van der Waals surface area contributed by atoms with Gasteiger partial charge in [-0.05, 0) is 181 Å². The molecule has 7 N–H and O–H groups in total. The van der Waals surface area contributed by atoms with Crippen LogP contribution in [-0.2, 0) is 0 Å². The van der Waals surface area contributed by atoms with Crippen LogP contribution in [-0.4, -0.2) is 84.7 Å². The summed E-state index contributed by atoms with van der Waals surface area (Å²) in [6.07, 6.45) is 34.8. The lowest BCUT2D eigenvalue weighted by Gasteiger charge is -2.17. The number of aromatic nitrogens is 17. The second-order valence-corrected chi connectivity index (χ2v) is 40.7. The molecule has 732 valence electrons. The van der Waals surface area contributed by atoms with Gasteiger partial charge in [0.05, 0.1) is 111 Å². The predicted molar refractivity (Wildman–Crippen MR) is 573 cm³/mol. The van der Waals surface area contributed by atoms with E-state index in [4.69, 9.17) is 58.0 Å². The molecule has 0 fully saturated rings. The highest BCUT2D eigenvalue weighted by atomic mass is 35.5. The molecule has 7 aromatic carbocycles. The molecular weight excluding hydrogens is 2000 g/mol. The number of aromatic amines is 7. The molecule has 31 heteroatoms. The number of nitrogens with one attached hydrogen (secondary N) is 7. The predicted octanol–water partition coefficient (Wildman–Crippen LogP) is 32.0. The number of pyridine rings is 3. The topological polar surface area (TPSA) is 239 Å². The fourth-order valence-corrected chi connectivity index (χ4v) is 22.6. The standard InChI is InChI=1S/C20H22ClFN2S.2C17H16ClFN2S.C15H11ClFN3.2C15H13N3.C14H10ClFN2S/c1-11(2)14-8-17(25-20(14)12(3)4)18(16-9-23-10-24-16)13-6-5-7-15(22)19(13)21;1-10(2)11-6-15(22-8-11)16(14-7-20-9-21-14)12-4-3-5-13(19)17(12)18;1-10(2)14-6-7-15(22-14)16(13-8-20-9-21-13)11-4-3-5-12(19)17(11)18;16-15-11(4-1-5-12(15)17)14(13-8-19-9-20-13)10-3-2-6-18-7-10;1-2-5-12(6-3-1)15(14-10-17-11-18-14)13-7-4-8-16-9-13;1-2-4-12(5-3-1)15(14-10-17-11-18-14)13-6-8-16-9-7-13;15-10-4-1-3-9(14(10)16)13(11-7-17-8-18-11)12-5-2-6-19-12/h5-12,18H,1-4H3,(H,23,24);2*3-10,16H,1-2H3,(H,20,21);1-9,14H,(H,19,20);2*1-11,15H,(H,17,18);1-8,13H,(H,17,18). The number of nitrogens with zero attached hydrogens (tertiary/aromatic N) is 10. The fraction of sp³-hybridized carbons (Fsp3) is 0.168. The van der Waals surface area contributed by atoms with Crippen LogP contribution in [0.5, 0.6) is 0 Å². The number of halogens is 10. The Balaban J connectivity index is 0.000000127. The molecule has 0 saturated heterocycles. The molecule has 17 nitrogen and oxygen atoms in total. The Morgan fingerprint density at radius 2 is 0.611 bits per heavy atom. The Morgan fingerprint density at radius 3 is 0.979 bits per heavy atom. The van der Waals surface area contributed by atoms with Gasteiger partial charge in [0.2, 0.25) is 0 Å². The van der Waals surface area contributed by atoms with Crippen molar-refractivity contribution in [2.75, 3.05) is 0 Å². The van der Waals surface area contributed by atoms with Crippen molar-refractivity contribution < 1.29 is 22.0 Å². The van der Waals surface area contributed by atoms with E-state index in [2.05, 4.69) is 224 Å². The van der Waals surface area contributed by atoms with Gasteiger partial charge in [-0.15, -0.1) is 45.3 Å². The minimum absolute atomic E-state index is 0.121. The van der Waals surface area contributed by atoms with Crippen LogP contribution in [0, 0.1) is 29.1 Å². The van der Waals surface area contributed by atoms with Gasteiger partial charge in [-0.3, -0.25) is 15.0 Å². The van der Waals surface area contributed by atoms with E-state index >= 15 is 0 Å². The van der Waals surface area contributed by atoms with E-state index in [9.17, 15) is 22.0 Å². The lowest BCUT2D eigenvalue weighted by atomic mass is 9.89. The van der Waals surface area contributed by atoms with Crippen LogP contribution in [0.1, 0.15) is 256 Å². The zero-order valence-corrected chi connectivity index (χ0v) is 86.3. The van der Waals surface area contributed by atoms with Crippen molar-refractivity contribution in [2.24, 2.45) is 0 Å². The smallest absolute Gasteiger partial charge is 0.146 e. The fourth-order valence-electron chi connectivity index (χ4n) is 16.8. The van der Waals surface area contributed by atoms with Crippen LogP contribution < -0.4 is 0 Å². The third kappa shape index (κ3) is 26.1. The molecule has 0 amide bonds. The molecular formula is C113H101Cl5F5N17S4. The quantitative estimate of drug-likeness (QED) is 0.0267. The van der Waals surface area contributed by atoms with Gasteiger partial charge in [-0.1, -0.05) is 253 Å². The van der Waals surface area contributed by atoms with Crippen molar-refractivity contribution in [1.82, 2.24) is 84.7 Å². The molecule has 0 bridgehead atoms. The molecule has 144 heavy (non-hydrogen) atoms. The molecule has 0 saturated carbocycles. The molecule has 21 rings (SSSR count). The summed E-state index contributed by atoms with van der Waals surface area (Å²) < 4.78 is 69.8. The van der Waals surface area contributed by atoms with Crippen LogP contribution >= 0.6 is 103 Å². The minimum Gasteiger partial charge on any atom is -0.348 e. The molecule has 14 aromatic heterocycles. The van der Waals surface area contributed by atoms with Gasteiger partial charge in [0.1, 0.15) is 29.1 Å². The summed E-state index contributed by atoms with van der Waals surface area (Å²) in [6, 6.07) is 70.0. The molecule has 0 aliphatic heterocycles. The summed E-state index contributed by atoms with van der Waals surface area (Å²) >= 11 is 37.5. The number of benzene rings is 7. The van der Waals surface area contributed by atoms with Gasteiger partial charge >= 0.3 is 0 Å². The summed E-state index contributed by atoms with van der Waals surface area (Å²) in [5.74, 6) is -0.729. The van der Waals surface area contributed by atoms with Gasteiger partial charge in [-0.25, -0.2) is 56.8 Å². The largest absolute Gasteiger partial charge is 0.348 e. The van der Waals surface area contributed by atoms with Gasteiger partial charge < -0.3 is 34.9 Å². The van der Waals surface area contributed by atoms with Gasteiger partial charge in [0, 0.05) is 155 Å². The molecule has 0 radical (unpaired) electrons. The third-order valence-electron chi connectivity index (χ3n) is 23.8. The van der Waals surface area contributed by atoms with Gasteiger partial charge in [-0.2, -0.15) is 0 Å². The number of hydrogen-bond acceptors (Lipinski definition) is 14. The Kier molecular flexibility index (Phi) is 37.1. The molecule has 14 heterocycles. The highest BCUT2D eigenvalue weighted by molar-refractivity contribution is 7.12. The number of imidazole rings is 7. The summed E-state index contributed by atoms with van der Waals surface area (Å²) in [6.45, 7) is 17.5. The second-order valence-electron chi connectivity index (χ2n) is 34.6. The van der Waals surface area contributed by atoms with E-state index < -0.39 is 23.3 Å². The number of hydrogen-bond donors (Lipinski definition) is 7.